The quantitative estimate of drug-likeness (QED) is 0.567. The number of aliphatic hydroxyl groups excluding tert-OH is 1. The molecule has 1 atom stereocenters. The smallest absolute Gasteiger partial charge is 0.330 e. The molecule has 0 aromatic carbocycles. The van der Waals surface area contributed by atoms with E-state index in [1.807, 2.05) is 0 Å². The van der Waals surface area contributed by atoms with Gasteiger partial charge in [-0.25, -0.2) is 23.3 Å². The van der Waals surface area contributed by atoms with Crippen molar-refractivity contribution in [3.05, 3.63) is 18.3 Å². The number of pyridine rings is 1. The predicted molar refractivity (Wildman–Crippen MR) is 62.1 cm³/mol. The first-order valence-electron chi connectivity index (χ1n) is 4.82. The van der Waals surface area contributed by atoms with Crippen LogP contribution in [-0.2, 0) is 19.6 Å². The van der Waals surface area contributed by atoms with Crippen molar-refractivity contribution in [2.45, 2.75) is 10.9 Å². The Balaban J connectivity index is 2.83. The fraction of sp³-hybridized carbons (Fsp3) is 0.333. The molecule has 0 radical (unpaired) electrons. The van der Waals surface area contributed by atoms with Crippen molar-refractivity contribution in [3.8, 4) is 0 Å². The minimum absolute atomic E-state index is 0.147. The fourth-order valence-corrected chi connectivity index (χ4v) is 1.59. The number of rotatable bonds is 5. The van der Waals surface area contributed by atoms with Crippen LogP contribution >= 0.6 is 0 Å². The third-order valence-corrected chi connectivity index (χ3v) is 2.95. The lowest BCUT2D eigenvalue weighted by Gasteiger charge is -2.14. The molecule has 0 bridgehead atoms. The Morgan fingerprint density at radius 2 is 2.28 bits per heavy atom. The van der Waals surface area contributed by atoms with Crippen LogP contribution in [0.1, 0.15) is 0 Å². The summed E-state index contributed by atoms with van der Waals surface area (Å²) in [5.74, 6) is -0.443. The minimum Gasteiger partial charge on any atom is -0.467 e. The van der Waals surface area contributed by atoms with E-state index in [-0.39, 0.29) is 10.7 Å². The first-order chi connectivity index (χ1) is 8.38. The van der Waals surface area contributed by atoms with Gasteiger partial charge in [-0.05, 0) is 12.1 Å². The van der Waals surface area contributed by atoms with Gasteiger partial charge in [-0.3, -0.25) is 0 Å². The van der Waals surface area contributed by atoms with E-state index in [9.17, 15) is 13.2 Å². The molecule has 0 amide bonds. The second-order valence-corrected chi connectivity index (χ2v) is 4.89. The second kappa shape index (κ2) is 5.76. The summed E-state index contributed by atoms with van der Waals surface area (Å²) in [5, 5.41) is 16.5. The van der Waals surface area contributed by atoms with Gasteiger partial charge in [-0.1, -0.05) is 0 Å². The summed E-state index contributed by atoms with van der Waals surface area (Å²) in [5.41, 5.74) is 0. The molecule has 0 saturated carbocycles. The van der Waals surface area contributed by atoms with Gasteiger partial charge in [0.2, 0.25) is 10.0 Å². The standard InChI is InChI=1S/C9H13N3O5S/c1-17-9(14)7(5-13)12-8-3-2-6(4-11-8)18(10,15)16/h2-4,7,13H,5H2,1H3,(H,11,12)(H2,10,15,16). The molecule has 1 unspecified atom stereocenters. The van der Waals surface area contributed by atoms with E-state index < -0.39 is 28.6 Å². The number of methoxy groups -OCH3 is 1. The van der Waals surface area contributed by atoms with Crippen LogP contribution in [0.2, 0.25) is 0 Å². The molecule has 1 rings (SSSR count). The lowest BCUT2D eigenvalue weighted by atomic mass is 10.3. The number of anilines is 1. The predicted octanol–water partition coefficient (Wildman–Crippen LogP) is -1.33. The van der Waals surface area contributed by atoms with Gasteiger partial charge in [0.15, 0.2) is 0 Å². The number of nitrogens with zero attached hydrogens (tertiary/aromatic N) is 1. The molecule has 8 nitrogen and oxygen atoms in total. The number of aromatic nitrogens is 1. The van der Waals surface area contributed by atoms with Gasteiger partial charge < -0.3 is 15.2 Å². The van der Waals surface area contributed by atoms with Crippen molar-refractivity contribution < 1.29 is 23.1 Å². The molecule has 4 N–H and O–H groups in total. The molecule has 100 valence electrons. The molecule has 0 aliphatic carbocycles. The molecule has 0 aliphatic rings. The molecule has 0 spiro atoms. The highest BCUT2D eigenvalue weighted by atomic mass is 32.2. The van der Waals surface area contributed by atoms with E-state index in [2.05, 4.69) is 15.0 Å². The van der Waals surface area contributed by atoms with Crippen molar-refractivity contribution in [1.82, 2.24) is 4.98 Å². The number of carbonyl (C=O) groups excluding carboxylic acids is 1. The van der Waals surface area contributed by atoms with Crippen LogP contribution in [0.5, 0.6) is 0 Å². The Kier molecular flexibility index (Phi) is 4.59. The van der Waals surface area contributed by atoms with Gasteiger partial charge >= 0.3 is 5.97 Å². The average molecular weight is 275 g/mol. The molecule has 0 aliphatic heterocycles. The first-order valence-corrected chi connectivity index (χ1v) is 6.37. The number of primary sulfonamides is 1. The minimum atomic E-state index is -3.81. The van der Waals surface area contributed by atoms with E-state index in [4.69, 9.17) is 10.2 Å². The van der Waals surface area contributed by atoms with Crippen molar-refractivity contribution >= 4 is 21.8 Å². The third-order valence-electron chi connectivity index (χ3n) is 2.06. The Bertz CT molecular complexity index is 514. The molecule has 0 fully saturated rings. The average Bonchev–Trinajstić information content (AvgIpc) is 2.34. The Hall–Kier alpha value is -1.71. The van der Waals surface area contributed by atoms with E-state index in [0.717, 1.165) is 6.20 Å². The number of hydrogen-bond acceptors (Lipinski definition) is 7. The fourth-order valence-electron chi connectivity index (χ4n) is 1.13. The highest BCUT2D eigenvalue weighted by Crippen LogP contribution is 2.10. The topological polar surface area (TPSA) is 132 Å². The van der Waals surface area contributed by atoms with Gasteiger partial charge in [-0.2, -0.15) is 0 Å². The van der Waals surface area contributed by atoms with Crippen LogP contribution in [0.3, 0.4) is 0 Å². The van der Waals surface area contributed by atoms with Crippen LogP contribution in [0.25, 0.3) is 0 Å². The number of ether oxygens (including phenoxy) is 1. The lowest BCUT2D eigenvalue weighted by Crippen LogP contribution is -2.34. The molecule has 9 heteroatoms. The summed E-state index contributed by atoms with van der Waals surface area (Å²) in [4.78, 5) is 14.8. The highest BCUT2D eigenvalue weighted by Gasteiger charge is 2.18. The summed E-state index contributed by atoms with van der Waals surface area (Å²) < 4.78 is 26.4. The molecule has 18 heavy (non-hydrogen) atoms. The number of hydrogen-bond donors (Lipinski definition) is 3. The van der Waals surface area contributed by atoms with Crippen LogP contribution in [0.15, 0.2) is 23.2 Å². The van der Waals surface area contributed by atoms with Gasteiger partial charge in [-0.15, -0.1) is 0 Å². The Morgan fingerprint density at radius 1 is 1.61 bits per heavy atom. The van der Waals surface area contributed by atoms with Gasteiger partial charge in [0.05, 0.1) is 13.7 Å². The monoisotopic (exact) mass is 275 g/mol. The first kappa shape index (κ1) is 14.4. The zero-order valence-electron chi connectivity index (χ0n) is 9.53. The summed E-state index contributed by atoms with van der Waals surface area (Å²) in [6.45, 7) is -0.481. The normalized spacial score (nSPS) is 12.8. The number of aliphatic hydroxyl groups is 1. The molecular formula is C9H13N3O5S. The lowest BCUT2D eigenvalue weighted by molar-refractivity contribution is -0.142. The molecule has 1 aromatic heterocycles. The maximum absolute atomic E-state index is 11.2. The molecule has 1 heterocycles. The molecular weight excluding hydrogens is 262 g/mol. The zero-order valence-corrected chi connectivity index (χ0v) is 10.3. The third kappa shape index (κ3) is 3.65. The largest absolute Gasteiger partial charge is 0.467 e. The SMILES string of the molecule is COC(=O)C(CO)Nc1ccc(S(N)(=O)=O)cn1. The number of nitrogens with one attached hydrogen (secondary N) is 1. The van der Waals surface area contributed by atoms with Crippen LogP contribution in [0.4, 0.5) is 5.82 Å². The highest BCUT2D eigenvalue weighted by molar-refractivity contribution is 7.89. The van der Waals surface area contributed by atoms with E-state index >= 15 is 0 Å². The van der Waals surface area contributed by atoms with E-state index in [1.54, 1.807) is 0 Å². The number of sulfonamides is 1. The van der Waals surface area contributed by atoms with Crippen molar-refractivity contribution in [2.24, 2.45) is 5.14 Å². The van der Waals surface area contributed by atoms with Gasteiger partial charge in [0, 0.05) is 6.20 Å². The van der Waals surface area contributed by atoms with Crippen molar-refractivity contribution in [1.29, 1.82) is 0 Å². The summed E-state index contributed by atoms with van der Waals surface area (Å²) in [6, 6.07) is 1.59. The summed E-state index contributed by atoms with van der Waals surface area (Å²) >= 11 is 0. The van der Waals surface area contributed by atoms with Gasteiger partial charge in [0.1, 0.15) is 16.8 Å². The number of nitrogens with two attached hydrogens (primary N) is 1. The maximum Gasteiger partial charge on any atom is 0.330 e. The summed E-state index contributed by atoms with van der Waals surface area (Å²) in [6.07, 6.45) is 1.05. The zero-order chi connectivity index (χ0) is 13.8. The van der Waals surface area contributed by atoms with Crippen LogP contribution in [-0.4, -0.2) is 44.2 Å². The number of esters is 1. The van der Waals surface area contributed by atoms with Crippen LogP contribution < -0.4 is 10.5 Å². The molecule has 0 saturated heterocycles. The molecule has 1 aromatic rings. The van der Waals surface area contributed by atoms with Crippen molar-refractivity contribution in [2.75, 3.05) is 19.0 Å². The van der Waals surface area contributed by atoms with E-state index in [0.29, 0.717) is 0 Å². The van der Waals surface area contributed by atoms with Crippen LogP contribution in [0, 0.1) is 0 Å². The van der Waals surface area contributed by atoms with E-state index in [1.165, 1.54) is 19.2 Å². The van der Waals surface area contributed by atoms with Gasteiger partial charge in [0.25, 0.3) is 0 Å². The van der Waals surface area contributed by atoms with Crippen molar-refractivity contribution in [3.63, 3.8) is 0 Å². The number of carbonyl (C=O) groups is 1. The summed E-state index contributed by atoms with van der Waals surface area (Å²) in [7, 11) is -2.62. The Morgan fingerprint density at radius 3 is 2.67 bits per heavy atom. The Labute approximate surface area is 104 Å². The second-order valence-electron chi connectivity index (χ2n) is 3.33. The maximum atomic E-state index is 11.2.